The summed E-state index contributed by atoms with van der Waals surface area (Å²) in [6.07, 6.45) is 12.4. The number of carbonyl (C=O) groups excluding carboxylic acids is 2. The van der Waals surface area contributed by atoms with Crippen LogP contribution in [0.25, 0.3) is 0 Å². The van der Waals surface area contributed by atoms with E-state index in [1.807, 2.05) is 0 Å². The van der Waals surface area contributed by atoms with Gasteiger partial charge in [-0.3, -0.25) is 9.59 Å². The van der Waals surface area contributed by atoms with Crippen molar-refractivity contribution >= 4 is 11.9 Å². The van der Waals surface area contributed by atoms with Gasteiger partial charge >= 0.3 is 11.9 Å². The first-order valence-corrected chi connectivity index (χ1v) is 15.3. The molecule has 5 aliphatic carbocycles. The molecule has 4 heteroatoms. The van der Waals surface area contributed by atoms with Crippen LogP contribution in [0.1, 0.15) is 114 Å². The lowest BCUT2D eigenvalue weighted by Gasteiger charge is -2.69. The van der Waals surface area contributed by atoms with Crippen molar-refractivity contribution in [1.29, 1.82) is 0 Å². The zero-order valence-corrected chi connectivity index (χ0v) is 25.7. The van der Waals surface area contributed by atoms with Crippen LogP contribution in [-0.2, 0) is 19.1 Å². The Balaban J connectivity index is 1.63. The second-order valence-electron chi connectivity index (χ2n) is 15.5. The van der Waals surface area contributed by atoms with E-state index in [0.29, 0.717) is 23.7 Å². The Morgan fingerprint density at radius 3 is 2.05 bits per heavy atom. The molecule has 0 aromatic carbocycles. The van der Waals surface area contributed by atoms with Crippen LogP contribution in [0.2, 0.25) is 0 Å². The molecule has 4 nitrogen and oxygen atoms in total. The van der Waals surface area contributed by atoms with Gasteiger partial charge in [-0.25, -0.2) is 0 Å². The molecule has 5 aliphatic rings. The Morgan fingerprint density at radius 2 is 1.42 bits per heavy atom. The third-order valence-electron chi connectivity index (χ3n) is 13.4. The van der Waals surface area contributed by atoms with Crippen molar-refractivity contribution in [3.05, 3.63) is 23.3 Å². The largest absolute Gasteiger partial charge is 0.462 e. The topological polar surface area (TPSA) is 52.6 Å². The monoisotopic (exact) mass is 524 g/mol. The molecule has 0 radical (unpaired) electrons. The SMILES string of the molecule is CC(=O)OC1CCC2(C)C3=CC=C4C5C(C)C(C)CCC5(C)C(OC(C)=O)CC4(C)C3(C)CCC2C1(C)C. The molecule has 0 aliphatic heterocycles. The molecule has 0 N–H and O–H groups in total. The van der Waals surface area contributed by atoms with E-state index in [1.165, 1.54) is 6.42 Å². The van der Waals surface area contributed by atoms with Crippen molar-refractivity contribution < 1.29 is 19.1 Å². The maximum atomic E-state index is 12.4. The fourth-order valence-corrected chi connectivity index (χ4v) is 10.9. The summed E-state index contributed by atoms with van der Waals surface area (Å²) in [5.41, 5.74) is 3.11. The van der Waals surface area contributed by atoms with Gasteiger partial charge < -0.3 is 9.47 Å². The Kier molecular flexibility index (Phi) is 6.41. The van der Waals surface area contributed by atoms with Crippen molar-refractivity contribution in [3.8, 4) is 0 Å². The molecule has 0 aromatic heterocycles. The molecule has 0 bridgehead atoms. The summed E-state index contributed by atoms with van der Waals surface area (Å²) in [5, 5.41) is 0. The Labute approximate surface area is 231 Å². The van der Waals surface area contributed by atoms with Gasteiger partial charge in [0, 0.05) is 30.1 Å². The zero-order valence-electron chi connectivity index (χ0n) is 25.7. The normalized spacial score (nSPS) is 49.2. The lowest BCUT2D eigenvalue weighted by Crippen LogP contribution is -2.64. The molecule has 0 heterocycles. The number of esters is 2. The van der Waals surface area contributed by atoms with Crippen LogP contribution in [0.3, 0.4) is 0 Å². The third-order valence-corrected chi connectivity index (χ3v) is 13.4. The van der Waals surface area contributed by atoms with Gasteiger partial charge in [-0.05, 0) is 79.4 Å². The number of hydrogen-bond donors (Lipinski definition) is 0. The van der Waals surface area contributed by atoms with E-state index in [0.717, 1.165) is 38.5 Å². The summed E-state index contributed by atoms with van der Waals surface area (Å²) in [5.74, 6) is 1.79. The van der Waals surface area contributed by atoms with Crippen LogP contribution in [0.5, 0.6) is 0 Å². The molecule has 212 valence electrons. The Bertz CT molecular complexity index is 1080. The maximum Gasteiger partial charge on any atom is 0.302 e. The molecule has 0 aromatic rings. The average Bonchev–Trinajstić information content (AvgIpc) is 2.79. The predicted octanol–water partition coefficient (Wildman–Crippen LogP) is 8.06. The predicted molar refractivity (Wildman–Crippen MR) is 151 cm³/mol. The van der Waals surface area contributed by atoms with E-state index in [1.54, 1.807) is 25.0 Å². The van der Waals surface area contributed by atoms with Crippen LogP contribution < -0.4 is 0 Å². The highest BCUT2D eigenvalue weighted by molar-refractivity contribution is 5.66. The van der Waals surface area contributed by atoms with Crippen molar-refractivity contribution in [1.82, 2.24) is 0 Å². The second kappa shape index (κ2) is 8.71. The lowest BCUT2D eigenvalue weighted by molar-refractivity contribution is -0.184. The lowest BCUT2D eigenvalue weighted by atomic mass is 9.35. The van der Waals surface area contributed by atoms with Crippen molar-refractivity contribution in [3.63, 3.8) is 0 Å². The smallest absolute Gasteiger partial charge is 0.302 e. The van der Waals surface area contributed by atoms with Gasteiger partial charge in [0.05, 0.1) is 0 Å². The zero-order chi connectivity index (χ0) is 28.1. The second-order valence-corrected chi connectivity index (χ2v) is 15.5. The van der Waals surface area contributed by atoms with Crippen LogP contribution in [0.15, 0.2) is 23.3 Å². The quantitative estimate of drug-likeness (QED) is 0.343. The number of ether oxygens (including phenoxy) is 2. The molecule has 4 saturated carbocycles. The minimum absolute atomic E-state index is 0.00676. The average molecular weight is 525 g/mol. The number of rotatable bonds is 2. The first kappa shape index (κ1) is 28.0. The first-order chi connectivity index (χ1) is 17.5. The minimum atomic E-state index is -0.165. The van der Waals surface area contributed by atoms with Gasteiger partial charge in [0.25, 0.3) is 0 Å². The van der Waals surface area contributed by atoms with Gasteiger partial charge in [0.2, 0.25) is 0 Å². The van der Waals surface area contributed by atoms with Crippen LogP contribution in [0.4, 0.5) is 0 Å². The molecule has 10 unspecified atom stereocenters. The first-order valence-electron chi connectivity index (χ1n) is 15.3. The van der Waals surface area contributed by atoms with E-state index in [9.17, 15) is 9.59 Å². The van der Waals surface area contributed by atoms with E-state index in [4.69, 9.17) is 9.47 Å². The molecule has 38 heavy (non-hydrogen) atoms. The van der Waals surface area contributed by atoms with Gasteiger partial charge in [-0.1, -0.05) is 78.7 Å². The van der Waals surface area contributed by atoms with E-state index in [2.05, 4.69) is 67.5 Å². The summed E-state index contributed by atoms with van der Waals surface area (Å²) < 4.78 is 12.2. The Morgan fingerprint density at radius 1 is 0.789 bits per heavy atom. The summed E-state index contributed by atoms with van der Waals surface area (Å²) in [4.78, 5) is 24.4. The third kappa shape index (κ3) is 3.59. The highest BCUT2D eigenvalue weighted by atomic mass is 16.5. The highest BCUT2D eigenvalue weighted by Gasteiger charge is 2.68. The fourth-order valence-electron chi connectivity index (χ4n) is 10.9. The molecular weight excluding hydrogens is 472 g/mol. The number of fused-ring (bicyclic) bond motifs is 7. The standard InChI is InChI=1S/C34H52O4/c1-20-13-16-32(8)28(38-23(4)36)19-34(10)24(29(32)21(20)2)11-12-26-31(7)17-15-27(37-22(3)35)30(5,6)25(31)14-18-33(26,34)9/h11-12,20-21,25,27-29H,13-19H2,1-10H3. The van der Waals surface area contributed by atoms with Crippen molar-refractivity contribution in [2.24, 2.45) is 50.7 Å². The molecular formula is C34H52O4. The van der Waals surface area contributed by atoms with Gasteiger partial charge in [-0.15, -0.1) is 0 Å². The summed E-state index contributed by atoms with van der Waals surface area (Å²) >= 11 is 0. The Hall–Kier alpha value is -1.58. The summed E-state index contributed by atoms with van der Waals surface area (Å²) in [7, 11) is 0. The molecule has 0 spiro atoms. The summed E-state index contributed by atoms with van der Waals surface area (Å²) in [6, 6.07) is 0. The van der Waals surface area contributed by atoms with Crippen LogP contribution in [0, 0.1) is 50.7 Å². The van der Waals surface area contributed by atoms with Crippen LogP contribution in [-0.4, -0.2) is 24.1 Å². The van der Waals surface area contributed by atoms with E-state index >= 15 is 0 Å². The summed E-state index contributed by atoms with van der Waals surface area (Å²) in [6.45, 7) is 22.6. The molecule has 10 atom stereocenters. The molecule has 4 fully saturated rings. The number of hydrogen-bond acceptors (Lipinski definition) is 4. The minimum Gasteiger partial charge on any atom is -0.462 e. The van der Waals surface area contributed by atoms with Crippen LogP contribution >= 0.6 is 0 Å². The number of carbonyl (C=O) groups is 2. The highest BCUT2D eigenvalue weighted by Crippen LogP contribution is 2.74. The van der Waals surface area contributed by atoms with Gasteiger partial charge in [0.15, 0.2) is 0 Å². The molecule has 5 rings (SSSR count). The van der Waals surface area contributed by atoms with Crippen molar-refractivity contribution in [2.45, 2.75) is 126 Å². The van der Waals surface area contributed by atoms with Gasteiger partial charge in [0.1, 0.15) is 12.2 Å². The van der Waals surface area contributed by atoms with Crippen molar-refractivity contribution in [2.75, 3.05) is 0 Å². The van der Waals surface area contributed by atoms with Gasteiger partial charge in [-0.2, -0.15) is 0 Å². The van der Waals surface area contributed by atoms with E-state index < -0.39 is 0 Å². The van der Waals surface area contributed by atoms with E-state index in [-0.39, 0.29) is 51.2 Å². The maximum absolute atomic E-state index is 12.4. The molecule has 0 amide bonds. The fraction of sp³-hybridized carbons (Fsp3) is 0.824. The molecule has 0 saturated heterocycles. The number of allylic oxidation sites excluding steroid dienone is 4.